The molecule has 0 radical (unpaired) electrons. The maximum Gasteiger partial charge on any atom is 0.225 e. The molecule has 0 aliphatic heterocycles. The zero-order valence-electron chi connectivity index (χ0n) is 15.7. The van der Waals surface area contributed by atoms with Crippen LogP contribution in [-0.4, -0.2) is 5.91 Å². The fourth-order valence-electron chi connectivity index (χ4n) is 3.29. The monoisotopic (exact) mass is 393 g/mol. The fraction of sp³-hybridized carbons (Fsp3) is 0.174. The molecule has 2 aromatic carbocycles. The lowest BCUT2D eigenvalue weighted by atomic mass is 10.0. The Balaban J connectivity index is 1.58. The number of furan rings is 1. The number of aryl methyl sites for hydroxylation is 2. The number of benzene rings is 2. The molecule has 0 aliphatic carbocycles. The summed E-state index contributed by atoms with van der Waals surface area (Å²) in [6, 6.07) is 13.9. The molecule has 4 aromatic rings. The van der Waals surface area contributed by atoms with Gasteiger partial charge in [0.25, 0.3) is 0 Å². The summed E-state index contributed by atoms with van der Waals surface area (Å²) < 4.78 is 19.0. The van der Waals surface area contributed by atoms with Crippen LogP contribution in [0, 0.1) is 19.7 Å². The first kappa shape index (κ1) is 18.4. The lowest BCUT2D eigenvalue weighted by Gasteiger charge is -2.18. The summed E-state index contributed by atoms with van der Waals surface area (Å²) in [5.74, 6) is -0.404. The first-order valence-electron chi connectivity index (χ1n) is 9.07. The van der Waals surface area contributed by atoms with E-state index >= 15 is 0 Å². The Kier molecular flexibility index (Phi) is 5.01. The lowest BCUT2D eigenvalue weighted by Crippen LogP contribution is -2.30. The van der Waals surface area contributed by atoms with Crippen molar-refractivity contribution in [3.63, 3.8) is 0 Å². The van der Waals surface area contributed by atoms with Crippen LogP contribution >= 0.6 is 11.3 Å². The number of nitrogens with one attached hydrogen (secondary N) is 1. The third kappa shape index (κ3) is 3.71. The highest BCUT2D eigenvalue weighted by Crippen LogP contribution is 2.28. The van der Waals surface area contributed by atoms with Gasteiger partial charge in [-0.1, -0.05) is 18.2 Å². The van der Waals surface area contributed by atoms with Crippen LogP contribution in [0.15, 0.2) is 64.6 Å². The molecule has 0 saturated heterocycles. The average molecular weight is 393 g/mol. The number of hydrogen-bond acceptors (Lipinski definition) is 3. The molecule has 0 bridgehead atoms. The molecule has 1 atom stereocenters. The molecule has 3 nitrogen and oxygen atoms in total. The number of amides is 1. The van der Waals surface area contributed by atoms with E-state index in [0.29, 0.717) is 0 Å². The van der Waals surface area contributed by atoms with Crippen molar-refractivity contribution in [3.05, 3.63) is 93.1 Å². The third-order valence-corrected chi connectivity index (χ3v) is 5.89. The van der Waals surface area contributed by atoms with E-state index in [1.807, 2.05) is 37.4 Å². The highest BCUT2D eigenvalue weighted by Gasteiger charge is 2.19. The number of carbonyl (C=O) groups excluding carboxylic acids is 1. The summed E-state index contributed by atoms with van der Waals surface area (Å²) in [5.41, 5.74) is 4.82. The summed E-state index contributed by atoms with van der Waals surface area (Å²) >= 11 is 1.56. The smallest absolute Gasteiger partial charge is 0.225 e. The number of carbonyl (C=O) groups is 1. The molecule has 2 heterocycles. The van der Waals surface area contributed by atoms with Crippen molar-refractivity contribution >= 4 is 28.2 Å². The highest BCUT2D eigenvalue weighted by atomic mass is 32.1. The molecule has 1 amide bonds. The van der Waals surface area contributed by atoms with Crippen LogP contribution in [0.5, 0.6) is 0 Å². The second-order valence-corrected chi connectivity index (χ2v) is 7.92. The molecule has 0 fully saturated rings. The molecule has 2 aromatic heterocycles. The normalized spacial score (nSPS) is 12.2. The minimum Gasteiger partial charge on any atom is -0.464 e. The van der Waals surface area contributed by atoms with Gasteiger partial charge in [0.1, 0.15) is 11.4 Å². The third-order valence-electron chi connectivity index (χ3n) is 4.96. The van der Waals surface area contributed by atoms with Gasteiger partial charge in [0.2, 0.25) is 5.91 Å². The summed E-state index contributed by atoms with van der Waals surface area (Å²) in [6.07, 6.45) is 1.87. The van der Waals surface area contributed by atoms with E-state index in [4.69, 9.17) is 4.42 Å². The SMILES string of the molecule is Cc1cc2occ(CC(=O)N[C@@H](c3ccc(F)cc3)c3cccs3)c2cc1C. The van der Waals surface area contributed by atoms with Gasteiger partial charge in [-0.2, -0.15) is 0 Å². The van der Waals surface area contributed by atoms with Crippen LogP contribution in [0.25, 0.3) is 11.0 Å². The van der Waals surface area contributed by atoms with Gasteiger partial charge >= 0.3 is 0 Å². The Morgan fingerprint density at radius 1 is 1.14 bits per heavy atom. The van der Waals surface area contributed by atoms with Crippen LogP contribution in [0.2, 0.25) is 0 Å². The maximum atomic E-state index is 13.3. The summed E-state index contributed by atoms with van der Waals surface area (Å²) in [5, 5.41) is 6.02. The van der Waals surface area contributed by atoms with Crippen molar-refractivity contribution in [2.45, 2.75) is 26.3 Å². The van der Waals surface area contributed by atoms with Crippen molar-refractivity contribution < 1.29 is 13.6 Å². The Labute approximate surface area is 166 Å². The van der Waals surface area contributed by atoms with Gasteiger partial charge in [0.05, 0.1) is 18.7 Å². The zero-order chi connectivity index (χ0) is 19.7. The average Bonchev–Trinajstić information content (AvgIpc) is 3.32. The standard InChI is InChI=1S/C23H20FNO2S/c1-14-10-19-17(13-27-20(19)11-15(14)2)12-22(26)25-23(21-4-3-9-28-21)16-5-7-18(24)8-6-16/h3-11,13,23H,12H2,1-2H3,(H,25,26)/t23-/m0/s1. The number of hydrogen-bond donors (Lipinski definition) is 1. The van der Waals surface area contributed by atoms with Crippen molar-refractivity contribution in [3.8, 4) is 0 Å². The highest BCUT2D eigenvalue weighted by molar-refractivity contribution is 7.10. The summed E-state index contributed by atoms with van der Waals surface area (Å²) in [6.45, 7) is 4.09. The molecular formula is C23H20FNO2S. The first-order chi connectivity index (χ1) is 13.5. The van der Waals surface area contributed by atoms with E-state index in [-0.39, 0.29) is 24.2 Å². The zero-order valence-corrected chi connectivity index (χ0v) is 16.5. The van der Waals surface area contributed by atoms with Gasteiger partial charge in [-0.25, -0.2) is 4.39 Å². The predicted molar refractivity (Wildman–Crippen MR) is 110 cm³/mol. The Hall–Kier alpha value is -2.92. The quantitative estimate of drug-likeness (QED) is 0.473. The van der Waals surface area contributed by atoms with E-state index < -0.39 is 0 Å². The van der Waals surface area contributed by atoms with Gasteiger partial charge in [0.15, 0.2) is 0 Å². The molecule has 142 valence electrons. The van der Waals surface area contributed by atoms with Crippen molar-refractivity contribution in [1.29, 1.82) is 0 Å². The molecule has 1 N–H and O–H groups in total. The Morgan fingerprint density at radius 3 is 2.61 bits per heavy atom. The van der Waals surface area contributed by atoms with Crippen molar-refractivity contribution in [2.24, 2.45) is 0 Å². The number of halogens is 1. The minimum absolute atomic E-state index is 0.108. The molecule has 28 heavy (non-hydrogen) atoms. The molecule has 0 saturated carbocycles. The lowest BCUT2D eigenvalue weighted by molar-refractivity contribution is -0.120. The van der Waals surface area contributed by atoms with Crippen molar-refractivity contribution in [1.82, 2.24) is 5.32 Å². The number of thiophene rings is 1. The minimum atomic E-state index is -0.310. The van der Waals surface area contributed by atoms with E-state index in [2.05, 4.69) is 11.4 Å². The topological polar surface area (TPSA) is 42.2 Å². The maximum absolute atomic E-state index is 13.3. The molecule has 0 unspecified atom stereocenters. The predicted octanol–water partition coefficient (Wildman–Crippen LogP) is 5.70. The molecule has 0 spiro atoms. The van der Waals surface area contributed by atoms with Gasteiger partial charge in [-0.3, -0.25) is 4.79 Å². The van der Waals surface area contributed by atoms with Crippen LogP contribution < -0.4 is 5.32 Å². The molecule has 0 aliphatic rings. The van der Waals surface area contributed by atoms with Crippen LogP contribution in [-0.2, 0) is 11.2 Å². The number of fused-ring (bicyclic) bond motifs is 1. The Morgan fingerprint density at radius 2 is 1.89 bits per heavy atom. The second kappa shape index (κ2) is 7.60. The molecule has 4 rings (SSSR count). The van der Waals surface area contributed by atoms with E-state index in [1.165, 1.54) is 17.7 Å². The van der Waals surface area contributed by atoms with E-state index in [0.717, 1.165) is 32.5 Å². The molecular weight excluding hydrogens is 373 g/mol. The van der Waals surface area contributed by atoms with E-state index in [9.17, 15) is 9.18 Å². The van der Waals surface area contributed by atoms with Gasteiger partial charge in [-0.15, -0.1) is 11.3 Å². The number of rotatable bonds is 5. The van der Waals surface area contributed by atoms with Gasteiger partial charge in [0, 0.05) is 15.8 Å². The van der Waals surface area contributed by atoms with Gasteiger partial charge < -0.3 is 9.73 Å². The van der Waals surface area contributed by atoms with Crippen LogP contribution in [0.4, 0.5) is 4.39 Å². The summed E-state index contributed by atoms with van der Waals surface area (Å²) in [7, 11) is 0. The summed E-state index contributed by atoms with van der Waals surface area (Å²) in [4.78, 5) is 13.8. The van der Waals surface area contributed by atoms with Gasteiger partial charge in [-0.05, 0) is 66.2 Å². The van der Waals surface area contributed by atoms with E-state index in [1.54, 1.807) is 29.7 Å². The Bertz CT molecular complexity index is 1110. The largest absolute Gasteiger partial charge is 0.464 e. The van der Waals surface area contributed by atoms with Crippen LogP contribution in [0.3, 0.4) is 0 Å². The van der Waals surface area contributed by atoms with Crippen LogP contribution in [0.1, 0.15) is 33.2 Å². The first-order valence-corrected chi connectivity index (χ1v) is 9.95. The van der Waals surface area contributed by atoms with Crippen molar-refractivity contribution in [2.75, 3.05) is 0 Å². The molecule has 5 heteroatoms. The second-order valence-electron chi connectivity index (χ2n) is 6.94. The fourth-order valence-corrected chi connectivity index (χ4v) is 4.09.